The Balaban J connectivity index is 2.79. The molecular formula is C15H21NO4. The molecule has 0 aliphatic rings. The smallest absolute Gasteiger partial charge is 0.330 e. The first-order chi connectivity index (χ1) is 9.43. The number of ether oxygens (including phenoxy) is 1. The topological polar surface area (TPSA) is 75.6 Å². The van der Waals surface area contributed by atoms with Gasteiger partial charge in [-0.1, -0.05) is 29.3 Å². The van der Waals surface area contributed by atoms with E-state index in [2.05, 4.69) is 5.32 Å². The Hall–Kier alpha value is -1.88. The zero-order valence-corrected chi connectivity index (χ0v) is 12.1. The first-order valence-corrected chi connectivity index (χ1v) is 6.53. The summed E-state index contributed by atoms with van der Waals surface area (Å²) in [5, 5.41) is 11.8. The van der Waals surface area contributed by atoms with E-state index in [1.165, 1.54) is 0 Å². The van der Waals surface area contributed by atoms with Gasteiger partial charge < -0.3 is 15.2 Å². The van der Waals surface area contributed by atoms with Gasteiger partial charge >= 0.3 is 5.97 Å². The molecule has 5 heteroatoms. The summed E-state index contributed by atoms with van der Waals surface area (Å²) in [5.74, 6) is -1.34. The summed E-state index contributed by atoms with van der Waals surface area (Å²) in [7, 11) is 1.56. The largest absolute Gasteiger partial charge is 0.479 e. The highest BCUT2D eigenvalue weighted by Gasteiger charge is 2.22. The molecule has 0 spiro atoms. The Morgan fingerprint density at radius 1 is 1.25 bits per heavy atom. The van der Waals surface area contributed by atoms with Crippen molar-refractivity contribution in [3.63, 3.8) is 0 Å². The van der Waals surface area contributed by atoms with Gasteiger partial charge in [0.2, 0.25) is 5.91 Å². The van der Waals surface area contributed by atoms with Crippen LogP contribution in [0.1, 0.15) is 35.6 Å². The van der Waals surface area contributed by atoms with E-state index in [0.717, 1.165) is 11.1 Å². The Bertz CT molecular complexity index is 465. The second kappa shape index (κ2) is 7.65. The predicted octanol–water partition coefficient (Wildman–Crippen LogP) is 1.97. The average molecular weight is 279 g/mol. The van der Waals surface area contributed by atoms with Crippen LogP contribution in [-0.4, -0.2) is 30.7 Å². The number of methoxy groups -OCH3 is 1. The van der Waals surface area contributed by atoms with Crippen LogP contribution in [0.15, 0.2) is 18.2 Å². The molecule has 110 valence electrons. The molecule has 0 heterocycles. The Kier molecular flexibility index (Phi) is 6.18. The zero-order chi connectivity index (χ0) is 15.1. The zero-order valence-electron chi connectivity index (χ0n) is 12.1. The van der Waals surface area contributed by atoms with Crippen molar-refractivity contribution in [2.24, 2.45) is 0 Å². The lowest BCUT2D eigenvalue weighted by Crippen LogP contribution is -2.33. The lowest BCUT2D eigenvalue weighted by atomic mass is 10.0. The Morgan fingerprint density at radius 2 is 1.85 bits per heavy atom. The van der Waals surface area contributed by atoms with Gasteiger partial charge in [0.15, 0.2) is 6.04 Å². The summed E-state index contributed by atoms with van der Waals surface area (Å²) in [6.07, 6.45) is 0.823. The van der Waals surface area contributed by atoms with Crippen LogP contribution in [0, 0.1) is 13.8 Å². The third-order valence-corrected chi connectivity index (χ3v) is 2.88. The van der Waals surface area contributed by atoms with Gasteiger partial charge in [0.05, 0.1) is 0 Å². The maximum atomic E-state index is 11.7. The fraction of sp³-hybridized carbons (Fsp3) is 0.467. The highest BCUT2D eigenvalue weighted by molar-refractivity contribution is 5.84. The molecule has 2 N–H and O–H groups in total. The van der Waals surface area contributed by atoms with Crippen LogP contribution in [0.4, 0.5) is 0 Å². The lowest BCUT2D eigenvalue weighted by molar-refractivity contribution is -0.142. The van der Waals surface area contributed by atoms with Crippen LogP contribution in [0.3, 0.4) is 0 Å². The Morgan fingerprint density at radius 3 is 2.35 bits per heavy atom. The van der Waals surface area contributed by atoms with Crippen molar-refractivity contribution in [3.8, 4) is 0 Å². The summed E-state index contributed by atoms with van der Waals surface area (Å²) < 4.78 is 4.86. The molecular weight excluding hydrogens is 258 g/mol. The fourth-order valence-corrected chi connectivity index (χ4v) is 2.07. The molecule has 1 unspecified atom stereocenters. The summed E-state index contributed by atoms with van der Waals surface area (Å²) in [5.41, 5.74) is 2.54. The second-order valence-corrected chi connectivity index (χ2v) is 4.86. The Labute approximate surface area is 118 Å². The number of benzene rings is 1. The molecule has 0 saturated carbocycles. The third-order valence-electron chi connectivity index (χ3n) is 2.88. The maximum absolute atomic E-state index is 11.7. The maximum Gasteiger partial charge on any atom is 0.330 e. The number of aryl methyl sites for hydroxylation is 2. The molecule has 1 aromatic rings. The standard InChI is InChI=1S/C15H21NO4/c1-10-7-11(2)9-12(8-10)14(15(18)19)16-13(17)5-4-6-20-3/h7-9,14H,4-6H2,1-3H3,(H,16,17)(H,18,19). The molecule has 20 heavy (non-hydrogen) atoms. The number of rotatable bonds is 7. The lowest BCUT2D eigenvalue weighted by Gasteiger charge is -2.16. The minimum absolute atomic E-state index is 0.252. The van der Waals surface area contributed by atoms with Crippen LogP contribution in [0.5, 0.6) is 0 Å². The van der Waals surface area contributed by atoms with E-state index < -0.39 is 12.0 Å². The van der Waals surface area contributed by atoms with Crippen molar-refractivity contribution < 1.29 is 19.4 Å². The minimum atomic E-state index is -1.06. The first-order valence-electron chi connectivity index (χ1n) is 6.53. The number of aliphatic carboxylic acids is 1. The van der Waals surface area contributed by atoms with Gasteiger partial charge in [-0.2, -0.15) is 0 Å². The number of carbonyl (C=O) groups excluding carboxylic acids is 1. The van der Waals surface area contributed by atoms with Crippen LogP contribution in [0.2, 0.25) is 0 Å². The van der Waals surface area contributed by atoms with Crippen LogP contribution in [0.25, 0.3) is 0 Å². The summed E-state index contributed by atoms with van der Waals surface area (Å²) in [4.78, 5) is 23.1. The van der Waals surface area contributed by atoms with Crippen molar-refractivity contribution in [3.05, 3.63) is 34.9 Å². The van der Waals surface area contributed by atoms with Gasteiger partial charge in [0.25, 0.3) is 0 Å². The van der Waals surface area contributed by atoms with Gasteiger partial charge in [-0.3, -0.25) is 4.79 Å². The van der Waals surface area contributed by atoms with Crippen LogP contribution < -0.4 is 5.32 Å². The van der Waals surface area contributed by atoms with Gasteiger partial charge in [0.1, 0.15) is 0 Å². The van der Waals surface area contributed by atoms with Crippen molar-refractivity contribution in [1.29, 1.82) is 0 Å². The van der Waals surface area contributed by atoms with Gasteiger partial charge in [-0.05, 0) is 25.8 Å². The summed E-state index contributed by atoms with van der Waals surface area (Å²) in [6, 6.07) is 4.51. The van der Waals surface area contributed by atoms with Crippen LogP contribution >= 0.6 is 0 Å². The number of carbonyl (C=O) groups is 2. The van der Waals surface area contributed by atoms with E-state index in [1.54, 1.807) is 19.2 Å². The number of hydrogen-bond acceptors (Lipinski definition) is 3. The second-order valence-electron chi connectivity index (χ2n) is 4.86. The number of hydrogen-bond donors (Lipinski definition) is 2. The van der Waals surface area contributed by atoms with E-state index in [4.69, 9.17) is 4.74 Å². The van der Waals surface area contributed by atoms with Gasteiger partial charge in [-0.25, -0.2) is 4.79 Å². The molecule has 1 rings (SSSR count). The molecule has 0 saturated heterocycles. The number of carboxylic acids is 1. The average Bonchev–Trinajstić information content (AvgIpc) is 2.34. The molecule has 1 aromatic carbocycles. The van der Waals surface area contributed by atoms with Gasteiger partial charge in [-0.15, -0.1) is 0 Å². The summed E-state index contributed by atoms with van der Waals surface area (Å²) >= 11 is 0. The minimum Gasteiger partial charge on any atom is -0.479 e. The monoisotopic (exact) mass is 279 g/mol. The van der Waals surface area contributed by atoms with Crippen LogP contribution in [-0.2, 0) is 14.3 Å². The molecule has 5 nitrogen and oxygen atoms in total. The summed E-state index contributed by atoms with van der Waals surface area (Å²) in [6.45, 7) is 4.28. The van der Waals surface area contributed by atoms with E-state index in [9.17, 15) is 14.7 Å². The van der Waals surface area contributed by atoms with E-state index in [0.29, 0.717) is 18.6 Å². The van der Waals surface area contributed by atoms with E-state index in [-0.39, 0.29) is 12.3 Å². The first kappa shape index (κ1) is 16.2. The van der Waals surface area contributed by atoms with Crippen molar-refractivity contribution in [2.45, 2.75) is 32.7 Å². The highest BCUT2D eigenvalue weighted by Crippen LogP contribution is 2.17. The highest BCUT2D eigenvalue weighted by atomic mass is 16.5. The molecule has 1 atom stereocenters. The predicted molar refractivity (Wildman–Crippen MR) is 75.5 cm³/mol. The SMILES string of the molecule is COCCCC(=O)NC(C(=O)O)c1cc(C)cc(C)c1. The molecule has 1 amide bonds. The molecule has 0 aliphatic carbocycles. The van der Waals surface area contributed by atoms with Crippen molar-refractivity contribution in [2.75, 3.05) is 13.7 Å². The number of nitrogens with one attached hydrogen (secondary N) is 1. The quantitative estimate of drug-likeness (QED) is 0.748. The number of amides is 1. The molecule has 0 aliphatic heterocycles. The fourth-order valence-electron chi connectivity index (χ4n) is 2.07. The molecule has 0 aromatic heterocycles. The molecule has 0 fully saturated rings. The van der Waals surface area contributed by atoms with E-state index in [1.807, 2.05) is 19.9 Å². The molecule has 0 radical (unpaired) electrons. The van der Waals surface area contributed by atoms with Crippen molar-refractivity contribution in [1.82, 2.24) is 5.32 Å². The normalized spacial score (nSPS) is 11.9. The third kappa shape index (κ3) is 5.01. The van der Waals surface area contributed by atoms with Crippen molar-refractivity contribution >= 4 is 11.9 Å². The molecule has 0 bridgehead atoms. The number of carboxylic acid groups (broad SMARTS) is 1. The van der Waals surface area contributed by atoms with Gasteiger partial charge in [0, 0.05) is 20.1 Å². The van der Waals surface area contributed by atoms with E-state index >= 15 is 0 Å².